The van der Waals surface area contributed by atoms with Crippen molar-refractivity contribution in [2.75, 3.05) is 0 Å². The lowest BCUT2D eigenvalue weighted by Gasteiger charge is -2.46. The lowest BCUT2D eigenvalue weighted by Crippen LogP contribution is -2.63. The molecule has 2 aromatic heterocycles. The Bertz CT molecular complexity index is 1000. The summed E-state index contributed by atoms with van der Waals surface area (Å²) in [6.07, 6.45) is 2.26. The van der Waals surface area contributed by atoms with Crippen LogP contribution in [0.4, 0.5) is 0 Å². The van der Waals surface area contributed by atoms with E-state index in [-0.39, 0.29) is 23.3 Å². The third-order valence-electron chi connectivity index (χ3n) is 5.08. The first-order valence-electron chi connectivity index (χ1n) is 7.99. The van der Waals surface area contributed by atoms with Crippen LogP contribution < -0.4 is 5.73 Å². The highest BCUT2D eigenvalue weighted by molar-refractivity contribution is 7.18. The zero-order valence-electron chi connectivity index (χ0n) is 13.9. The van der Waals surface area contributed by atoms with Crippen LogP contribution in [0.1, 0.15) is 29.3 Å². The summed E-state index contributed by atoms with van der Waals surface area (Å²) in [6, 6.07) is -0.390. The summed E-state index contributed by atoms with van der Waals surface area (Å²) in [5.41, 5.74) is 5.76. The zero-order valence-corrected chi connectivity index (χ0v) is 14.7. The molecule has 0 bridgehead atoms. The number of primary amides is 1. The Morgan fingerprint density at radius 1 is 1.42 bits per heavy atom. The molecule has 1 fully saturated rings. The number of carbonyl (C=O) groups is 3. The minimum atomic E-state index is -1.20. The molecule has 2 aliphatic heterocycles. The number of hydrogen-bond acceptors (Lipinski definition) is 6. The number of aromatic nitrogens is 2. The van der Waals surface area contributed by atoms with Gasteiger partial charge in [-0.2, -0.15) is 0 Å². The molecule has 26 heavy (non-hydrogen) atoms. The Morgan fingerprint density at radius 3 is 2.69 bits per heavy atom. The molecule has 4 heterocycles. The first kappa shape index (κ1) is 16.7. The van der Waals surface area contributed by atoms with Crippen molar-refractivity contribution in [1.82, 2.24) is 14.3 Å². The molecule has 0 aliphatic carbocycles. The number of aliphatic carboxylic acids is 1. The molecule has 0 radical (unpaired) electrons. The molecule has 0 aromatic carbocycles. The monoisotopic (exact) mass is 376 g/mol. The van der Waals surface area contributed by atoms with E-state index in [1.165, 1.54) is 33.8 Å². The largest absolute Gasteiger partial charge is 0.477 e. The number of imidazole rings is 1. The number of carbonyl (C=O) groups excluding carboxylic acids is 2. The van der Waals surface area contributed by atoms with E-state index in [1.54, 1.807) is 6.20 Å². The standard InChI is InChI=1S/C16H16N4O5S/c1-5-9(7-4-19-8(26-7)3-18-14(19)13(17)22)12(16(24)25)20-11(5)10(6(2)21)15(20)23/h3-6,10-11,21H,1-2H3,(H2,17,22)(H,24,25)/t5-,6+,10+,11+/m0/s1. The van der Waals surface area contributed by atoms with Crippen LogP contribution >= 0.6 is 11.3 Å². The van der Waals surface area contributed by atoms with Gasteiger partial charge in [-0.25, -0.2) is 9.78 Å². The highest BCUT2D eigenvalue weighted by atomic mass is 32.1. The third-order valence-corrected chi connectivity index (χ3v) is 6.14. The van der Waals surface area contributed by atoms with Gasteiger partial charge in [-0.3, -0.25) is 14.0 Å². The number of rotatable bonds is 4. The number of carboxylic acids is 1. The maximum atomic E-state index is 12.4. The van der Waals surface area contributed by atoms with Crippen LogP contribution in [0.2, 0.25) is 0 Å². The van der Waals surface area contributed by atoms with Crippen molar-refractivity contribution in [2.45, 2.75) is 26.0 Å². The van der Waals surface area contributed by atoms with E-state index >= 15 is 0 Å². The molecule has 4 atom stereocenters. The molecule has 0 unspecified atom stereocenters. The lowest BCUT2D eigenvalue weighted by atomic mass is 9.77. The quantitative estimate of drug-likeness (QED) is 0.649. The summed E-state index contributed by atoms with van der Waals surface area (Å²) < 4.78 is 1.52. The minimum Gasteiger partial charge on any atom is -0.477 e. The molecular weight excluding hydrogens is 360 g/mol. The van der Waals surface area contributed by atoms with Gasteiger partial charge in [-0.1, -0.05) is 6.92 Å². The first-order chi connectivity index (χ1) is 12.2. The van der Waals surface area contributed by atoms with Gasteiger partial charge in [-0.05, 0) is 6.92 Å². The van der Waals surface area contributed by atoms with Crippen molar-refractivity contribution in [1.29, 1.82) is 0 Å². The molecule has 1 saturated heterocycles. The van der Waals surface area contributed by atoms with E-state index < -0.39 is 29.9 Å². The van der Waals surface area contributed by atoms with Crippen molar-refractivity contribution in [3.63, 3.8) is 0 Å². The second-order valence-electron chi connectivity index (χ2n) is 6.57. The van der Waals surface area contributed by atoms with Crippen LogP contribution in [0.15, 0.2) is 18.1 Å². The predicted molar refractivity (Wildman–Crippen MR) is 91.1 cm³/mol. The molecule has 2 aromatic rings. The van der Waals surface area contributed by atoms with Gasteiger partial charge in [0.15, 0.2) is 0 Å². The number of amides is 2. The number of aliphatic hydroxyl groups excluding tert-OH is 1. The Kier molecular flexibility index (Phi) is 3.47. The number of fused-ring (bicyclic) bond motifs is 2. The number of carboxylic acid groups (broad SMARTS) is 1. The van der Waals surface area contributed by atoms with Crippen molar-refractivity contribution >= 4 is 39.5 Å². The SMILES string of the molecule is C[C@@H](O)[C@H]1C(=O)N2C(C(=O)O)=C(c3cn4c(C(N)=O)ncc4s3)[C@H](C)[C@H]12. The molecule has 0 saturated carbocycles. The summed E-state index contributed by atoms with van der Waals surface area (Å²) in [5, 5.41) is 19.6. The molecule has 9 nitrogen and oxygen atoms in total. The smallest absolute Gasteiger partial charge is 0.352 e. The van der Waals surface area contributed by atoms with Crippen molar-refractivity contribution in [3.05, 3.63) is 28.8 Å². The fraction of sp³-hybridized carbons (Fsp3) is 0.375. The fourth-order valence-electron chi connectivity index (χ4n) is 4.00. The van der Waals surface area contributed by atoms with Crippen LogP contribution in [0, 0.1) is 11.8 Å². The fourth-order valence-corrected chi connectivity index (χ4v) is 5.12. The number of nitrogens with zero attached hydrogens (tertiary/aromatic N) is 3. The molecule has 2 amide bonds. The van der Waals surface area contributed by atoms with Gasteiger partial charge in [0.1, 0.15) is 10.5 Å². The van der Waals surface area contributed by atoms with Crippen LogP contribution in [0.5, 0.6) is 0 Å². The van der Waals surface area contributed by atoms with Crippen LogP contribution in [0.3, 0.4) is 0 Å². The van der Waals surface area contributed by atoms with E-state index in [4.69, 9.17) is 5.73 Å². The van der Waals surface area contributed by atoms with Gasteiger partial charge in [-0.15, -0.1) is 11.3 Å². The summed E-state index contributed by atoms with van der Waals surface area (Å²) in [4.78, 5) is 42.2. The van der Waals surface area contributed by atoms with E-state index in [0.29, 0.717) is 15.3 Å². The lowest BCUT2D eigenvalue weighted by molar-refractivity contribution is -0.163. The maximum Gasteiger partial charge on any atom is 0.352 e. The van der Waals surface area contributed by atoms with Gasteiger partial charge in [0.05, 0.1) is 29.1 Å². The molecule has 2 aliphatic rings. The summed E-state index contributed by atoms with van der Waals surface area (Å²) >= 11 is 1.27. The molecular formula is C16H16N4O5S. The Labute approximate surface area is 151 Å². The minimum absolute atomic E-state index is 0.0619. The van der Waals surface area contributed by atoms with Gasteiger partial charge in [0.25, 0.3) is 5.91 Å². The highest BCUT2D eigenvalue weighted by Crippen LogP contribution is 2.51. The normalized spacial score (nSPS) is 26.2. The first-order valence-corrected chi connectivity index (χ1v) is 8.81. The van der Waals surface area contributed by atoms with Gasteiger partial charge in [0.2, 0.25) is 11.7 Å². The van der Waals surface area contributed by atoms with E-state index in [9.17, 15) is 24.6 Å². The van der Waals surface area contributed by atoms with Crippen LogP contribution in [-0.2, 0) is 9.59 Å². The van der Waals surface area contributed by atoms with Gasteiger partial charge >= 0.3 is 5.97 Å². The van der Waals surface area contributed by atoms with E-state index in [0.717, 1.165) is 0 Å². The van der Waals surface area contributed by atoms with Gasteiger partial charge in [0, 0.05) is 17.7 Å². The number of β-lactam (4-membered cyclic amide) rings is 1. The average molecular weight is 376 g/mol. The average Bonchev–Trinajstić information content (AvgIpc) is 3.16. The number of aliphatic hydroxyl groups is 1. The Balaban J connectivity index is 1.86. The maximum absolute atomic E-state index is 12.4. The third kappa shape index (κ3) is 1.99. The molecule has 10 heteroatoms. The highest BCUT2D eigenvalue weighted by Gasteiger charge is 2.60. The van der Waals surface area contributed by atoms with Crippen molar-refractivity contribution in [3.8, 4) is 0 Å². The summed E-state index contributed by atoms with van der Waals surface area (Å²) in [7, 11) is 0. The number of hydrogen-bond donors (Lipinski definition) is 3. The molecule has 4 N–H and O–H groups in total. The summed E-state index contributed by atoms with van der Waals surface area (Å²) in [5.74, 6) is -3.09. The molecule has 136 valence electrons. The van der Waals surface area contributed by atoms with Crippen LogP contribution in [0.25, 0.3) is 10.4 Å². The number of thiazole rings is 1. The predicted octanol–water partition coefficient (Wildman–Crippen LogP) is 0.148. The Hall–Kier alpha value is -2.72. The molecule has 0 spiro atoms. The van der Waals surface area contributed by atoms with Crippen molar-refractivity contribution in [2.24, 2.45) is 17.6 Å². The van der Waals surface area contributed by atoms with Crippen LogP contribution in [-0.4, -0.2) is 54.4 Å². The Morgan fingerprint density at radius 2 is 2.12 bits per heavy atom. The molecule has 4 rings (SSSR count). The summed E-state index contributed by atoms with van der Waals surface area (Å²) in [6.45, 7) is 3.37. The van der Waals surface area contributed by atoms with E-state index in [2.05, 4.69) is 4.98 Å². The topological polar surface area (TPSA) is 138 Å². The van der Waals surface area contributed by atoms with Gasteiger partial charge < -0.3 is 20.8 Å². The van der Waals surface area contributed by atoms with Crippen molar-refractivity contribution < 1.29 is 24.6 Å². The second-order valence-corrected chi connectivity index (χ2v) is 7.63. The zero-order chi connectivity index (χ0) is 18.9. The number of nitrogens with two attached hydrogens (primary N) is 1. The second kappa shape index (κ2) is 5.39. The van der Waals surface area contributed by atoms with E-state index in [1.807, 2.05) is 6.92 Å².